The molecule has 3 rings (SSSR count). The number of morpholine rings is 1. The molecule has 1 fully saturated rings. The second-order valence-corrected chi connectivity index (χ2v) is 5.15. The third-order valence-electron chi connectivity index (χ3n) is 3.31. The molecule has 0 spiro atoms. The van der Waals surface area contributed by atoms with Gasteiger partial charge in [-0.15, -0.1) is 0 Å². The van der Waals surface area contributed by atoms with Gasteiger partial charge in [0, 0.05) is 29.9 Å². The molecule has 0 aromatic carbocycles. The van der Waals surface area contributed by atoms with Gasteiger partial charge >= 0.3 is 0 Å². The predicted octanol–water partition coefficient (Wildman–Crippen LogP) is 2.45. The lowest BCUT2D eigenvalue weighted by molar-refractivity contribution is 0.111. The van der Waals surface area contributed by atoms with E-state index in [1.165, 1.54) is 0 Å². The quantitative estimate of drug-likeness (QED) is 0.815. The molecule has 0 saturated carbocycles. The van der Waals surface area contributed by atoms with E-state index in [0.717, 1.165) is 36.5 Å². The van der Waals surface area contributed by atoms with Crippen molar-refractivity contribution in [2.75, 3.05) is 31.2 Å². The number of aldehydes is 1. The van der Waals surface area contributed by atoms with Gasteiger partial charge in [-0.1, -0.05) is 11.6 Å². The van der Waals surface area contributed by atoms with E-state index >= 15 is 0 Å². The van der Waals surface area contributed by atoms with Crippen LogP contribution in [0.1, 0.15) is 10.5 Å². The van der Waals surface area contributed by atoms with Gasteiger partial charge in [0.1, 0.15) is 11.5 Å². The zero-order chi connectivity index (χ0) is 14.7. The highest BCUT2D eigenvalue weighted by Crippen LogP contribution is 2.26. The highest BCUT2D eigenvalue weighted by Gasteiger charge is 2.14. The van der Waals surface area contributed by atoms with Gasteiger partial charge in [-0.2, -0.15) is 0 Å². The van der Waals surface area contributed by atoms with Gasteiger partial charge in [-0.25, -0.2) is 4.98 Å². The molecule has 2 aromatic rings. The van der Waals surface area contributed by atoms with Crippen LogP contribution in [0.2, 0.25) is 5.02 Å². The highest BCUT2D eigenvalue weighted by molar-refractivity contribution is 6.31. The second-order valence-electron chi connectivity index (χ2n) is 4.72. The molecule has 0 bridgehead atoms. The first kappa shape index (κ1) is 14.0. The van der Waals surface area contributed by atoms with Gasteiger partial charge in [0.25, 0.3) is 0 Å². The van der Waals surface area contributed by atoms with Crippen LogP contribution < -0.4 is 4.90 Å². The number of hydrogen-bond acceptors (Lipinski definition) is 5. The smallest absolute Gasteiger partial charge is 0.168 e. The predicted molar refractivity (Wildman–Crippen MR) is 80.9 cm³/mol. The van der Waals surface area contributed by atoms with Crippen molar-refractivity contribution in [1.82, 2.24) is 9.97 Å². The third-order valence-corrected chi connectivity index (χ3v) is 3.53. The van der Waals surface area contributed by atoms with Crippen LogP contribution in [0.5, 0.6) is 0 Å². The molecule has 6 heteroatoms. The molecule has 3 heterocycles. The summed E-state index contributed by atoms with van der Waals surface area (Å²) in [6.45, 7) is 2.97. The van der Waals surface area contributed by atoms with Crippen molar-refractivity contribution < 1.29 is 9.53 Å². The van der Waals surface area contributed by atoms with E-state index < -0.39 is 0 Å². The number of nitrogens with zero attached hydrogens (tertiary/aromatic N) is 3. The summed E-state index contributed by atoms with van der Waals surface area (Å²) in [5.74, 6) is 0.824. The molecule has 1 aliphatic heterocycles. The number of carbonyl (C=O) groups excluding carboxylic acids is 1. The number of halogens is 1. The first-order valence-electron chi connectivity index (χ1n) is 6.68. The van der Waals surface area contributed by atoms with Crippen LogP contribution in [0.4, 0.5) is 5.82 Å². The molecule has 0 aliphatic carbocycles. The summed E-state index contributed by atoms with van der Waals surface area (Å²) in [5, 5.41) is 0.617. The van der Waals surface area contributed by atoms with Gasteiger partial charge in [-0.05, 0) is 24.3 Å². The van der Waals surface area contributed by atoms with E-state index in [-0.39, 0.29) is 0 Å². The lowest BCUT2D eigenvalue weighted by Gasteiger charge is -2.28. The molecule has 1 aliphatic rings. The van der Waals surface area contributed by atoms with Crippen molar-refractivity contribution in [3.63, 3.8) is 0 Å². The number of aromatic nitrogens is 2. The maximum atomic E-state index is 10.8. The van der Waals surface area contributed by atoms with E-state index in [1.807, 2.05) is 12.1 Å². The van der Waals surface area contributed by atoms with Crippen LogP contribution in [0.25, 0.3) is 11.3 Å². The fraction of sp³-hybridized carbons (Fsp3) is 0.267. The Labute approximate surface area is 127 Å². The number of rotatable bonds is 3. The largest absolute Gasteiger partial charge is 0.378 e. The third kappa shape index (κ3) is 3.20. The monoisotopic (exact) mass is 303 g/mol. The van der Waals surface area contributed by atoms with Crippen LogP contribution >= 0.6 is 11.6 Å². The zero-order valence-corrected chi connectivity index (χ0v) is 12.1. The minimum Gasteiger partial charge on any atom is -0.378 e. The highest BCUT2D eigenvalue weighted by atomic mass is 35.5. The summed E-state index contributed by atoms with van der Waals surface area (Å²) in [5.41, 5.74) is 1.93. The normalized spacial score (nSPS) is 15.0. The van der Waals surface area contributed by atoms with Gasteiger partial charge in [-0.3, -0.25) is 9.78 Å². The maximum absolute atomic E-state index is 10.8. The number of hydrogen-bond donors (Lipinski definition) is 0. The average molecular weight is 304 g/mol. The molecular weight excluding hydrogens is 290 g/mol. The minimum absolute atomic E-state index is 0.377. The van der Waals surface area contributed by atoms with Crippen LogP contribution in [0.15, 0.2) is 30.5 Å². The summed E-state index contributed by atoms with van der Waals surface area (Å²) >= 11 is 6.21. The maximum Gasteiger partial charge on any atom is 0.168 e. The standard InChI is InChI=1S/C15H14ClN3O2/c16-12-8-14(11-1-2-17-13(7-11)10-20)18-15(9-12)19-3-5-21-6-4-19/h1-2,7-10H,3-6H2. The average Bonchev–Trinajstić information content (AvgIpc) is 2.55. The molecule has 0 unspecified atom stereocenters. The lowest BCUT2D eigenvalue weighted by atomic mass is 10.1. The molecular formula is C15H14ClN3O2. The van der Waals surface area contributed by atoms with Crippen LogP contribution in [-0.2, 0) is 4.74 Å². The summed E-state index contributed by atoms with van der Waals surface area (Å²) in [4.78, 5) is 21.6. The molecule has 0 atom stereocenters. The van der Waals surface area contributed by atoms with Crippen molar-refractivity contribution in [3.05, 3.63) is 41.2 Å². The molecule has 5 nitrogen and oxygen atoms in total. The van der Waals surface area contributed by atoms with Crippen molar-refractivity contribution in [2.45, 2.75) is 0 Å². The van der Waals surface area contributed by atoms with E-state index in [1.54, 1.807) is 18.3 Å². The Morgan fingerprint density at radius 1 is 1.24 bits per heavy atom. The molecule has 0 radical (unpaired) electrons. The number of anilines is 1. The fourth-order valence-electron chi connectivity index (χ4n) is 2.26. The second kappa shape index (κ2) is 6.20. The Bertz CT molecular complexity index is 657. The Kier molecular flexibility index (Phi) is 4.13. The summed E-state index contributed by atoms with van der Waals surface area (Å²) in [6.07, 6.45) is 2.31. The molecule has 2 aromatic heterocycles. The van der Waals surface area contributed by atoms with Crippen LogP contribution in [-0.4, -0.2) is 42.6 Å². The van der Waals surface area contributed by atoms with Gasteiger partial charge in [0.2, 0.25) is 0 Å². The SMILES string of the molecule is O=Cc1cc(-c2cc(Cl)cc(N3CCOCC3)n2)ccn1. The van der Waals surface area contributed by atoms with Crippen LogP contribution in [0, 0.1) is 0 Å². The Morgan fingerprint density at radius 2 is 2.05 bits per heavy atom. The lowest BCUT2D eigenvalue weighted by Crippen LogP contribution is -2.36. The molecule has 0 amide bonds. The fourth-order valence-corrected chi connectivity index (χ4v) is 2.46. The van der Waals surface area contributed by atoms with E-state index in [9.17, 15) is 4.79 Å². The van der Waals surface area contributed by atoms with Gasteiger partial charge in [0.05, 0.1) is 18.9 Å². The van der Waals surface area contributed by atoms with Crippen molar-refractivity contribution in [1.29, 1.82) is 0 Å². The topological polar surface area (TPSA) is 55.3 Å². The van der Waals surface area contributed by atoms with Gasteiger partial charge < -0.3 is 9.64 Å². The van der Waals surface area contributed by atoms with Crippen LogP contribution in [0.3, 0.4) is 0 Å². The van der Waals surface area contributed by atoms with Crippen molar-refractivity contribution in [3.8, 4) is 11.3 Å². The van der Waals surface area contributed by atoms with E-state index in [2.05, 4.69) is 14.9 Å². The van der Waals surface area contributed by atoms with E-state index in [4.69, 9.17) is 16.3 Å². The number of pyridine rings is 2. The molecule has 108 valence electrons. The Hall–Kier alpha value is -1.98. The molecule has 1 saturated heterocycles. The zero-order valence-electron chi connectivity index (χ0n) is 11.3. The molecule has 21 heavy (non-hydrogen) atoms. The van der Waals surface area contributed by atoms with Crippen molar-refractivity contribution in [2.24, 2.45) is 0 Å². The summed E-state index contributed by atoms with van der Waals surface area (Å²) in [6, 6.07) is 7.15. The van der Waals surface area contributed by atoms with Crippen molar-refractivity contribution >= 4 is 23.7 Å². The molecule has 0 N–H and O–H groups in total. The Balaban J connectivity index is 1.98. The summed E-state index contributed by atoms with van der Waals surface area (Å²) < 4.78 is 5.35. The van der Waals surface area contributed by atoms with E-state index in [0.29, 0.717) is 23.9 Å². The Morgan fingerprint density at radius 3 is 2.81 bits per heavy atom. The van der Waals surface area contributed by atoms with Gasteiger partial charge in [0.15, 0.2) is 6.29 Å². The minimum atomic E-state index is 0.377. The number of ether oxygens (including phenoxy) is 1. The first-order chi connectivity index (χ1) is 10.3. The number of carbonyl (C=O) groups is 1. The first-order valence-corrected chi connectivity index (χ1v) is 7.06. The summed E-state index contributed by atoms with van der Waals surface area (Å²) in [7, 11) is 0.